The summed E-state index contributed by atoms with van der Waals surface area (Å²) in [7, 11) is 0. The lowest BCUT2D eigenvalue weighted by atomic mass is 10.2. The zero-order valence-corrected chi connectivity index (χ0v) is 11.0. The van der Waals surface area contributed by atoms with Gasteiger partial charge in [0.2, 0.25) is 0 Å². The first-order chi connectivity index (χ1) is 9.33. The van der Waals surface area contributed by atoms with E-state index in [9.17, 15) is 4.79 Å². The van der Waals surface area contributed by atoms with Crippen molar-refractivity contribution in [1.82, 2.24) is 0 Å². The van der Waals surface area contributed by atoms with Gasteiger partial charge >= 0.3 is 5.97 Å². The van der Waals surface area contributed by atoms with Crippen molar-refractivity contribution in [3.8, 4) is 0 Å². The Balaban J connectivity index is 1.79. The molecule has 0 fully saturated rings. The van der Waals surface area contributed by atoms with Gasteiger partial charge in [0, 0.05) is 4.90 Å². The van der Waals surface area contributed by atoms with E-state index in [1.54, 1.807) is 17.8 Å². The number of ether oxygens (including phenoxy) is 1. The molecule has 0 radical (unpaired) electrons. The second-order valence-corrected chi connectivity index (χ2v) is 5.30. The van der Waals surface area contributed by atoms with Crippen molar-refractivity contribution in [2.24, 2.45) is 0 Å². The van der Waals surface area contributed by atoms with Gasteiger partial charge < -0.3 is 4.74 Å². The zero-order valence-electron chi connectivity index (χ0n) is 10.2. The van der Waals surface area contributed by atoms with E-state index in [0.717, 1.165) is 10.5 Å². The number of rotatable bonds is 2. The smallest absolute Gasteiger partial charge is 0.340 e. The van der Waals surface area contributed by atoms with Crippen LogP contribution < -0.4 is 0 Å². The number of cyclic esters (lactones) is 1. The zero-order chi connectivity index (χ0) is 13.1. The Labute approximate surface area is 116 Å². The van der Waals surface area contributed by atoms with E-state index in [1.165, 1.54) is 0 Å². The van der Waals surface area contributed by atoms with E-state index < -0.39 is 0 Å². The van der Waals surface area contributed by atoms with Crippen molar-refractivity contribution in [3.05, 3.63) is 71.8 Å². The van der Waals surface area contributed by atoms with Crippen LogP contribution in [0.1, 0.15) is 15.9 Å². The summed E-state index contributed by atoms with van der Waals surface area (Å²) in [6.07, 6.45) is 3.88. The van der Waals surface area contributed by atoms with Gasteiger partial charge in [-0.25, -0.2) is 4.79 Å². The predicted molar refractivity (Wildman–Crippen MR) is 77.0 cm³/mol. The number of hydrogen-bond acceptors (Lipinski definition) is 3. The number of carbonyl (C=O) groups is 1. The Morgan fingerprint density at radius 2 is 1.74 bits per heavy atom. The molecule has 2 aromatic rings. The molecule has 1 heterocycles. The Morgan fingerprint density at radius 3 is 2.58 bits per heavy atom. The fraction of sp³-hybridized carbons (Fsp3) is 0.0625. The maximum atomic E-state index is 11.8. The Morgan fingerprint density at radius 1 is 1.00 bits per heavy atom. The number of carbonyl (C=O) groups excluding carboxylic acids is 1. The van der Waals surface area contributed by atoms with E-state index in [2.05, 4.69) is 0 Å². The normalized spacial score (nSPS) is 18.1. The van der Waals surface area contributed by atoms with Crippen molar-refractivity contribution in [1.29, 1.82) is 0 Å². The van der Waals surface area contributed by atoms with Crippen LogP contribution >= 0.6 is 11.8 Å². The minimum Gasteiger partial charge on any atom is -0.443 e. The summed E-state index contributed by atoms with van der Waals surface area (Å²) in [5, 5.41) is 0. The third-order valence-corrected chi connectivity index (χ3v) is 3.91. The largest absolute Gasteiger partial charge is 0.443 e. The standard InChI is InChI=1S/C16H12O2S/c17-16-13-8-4-5-9-14(13)19-15(18-16)11-10-12-6-2-1-3-7-12/h1-11,15H/b11-10-/t15-/m0/s1. The van der Waals surface area contributed by atoms with Crippen LogP contribution in [0.5, 0.6) is 0 Å². The molecule has 1 atom stereocenters. The molecule has 0 unspecified atom stereocenters. The number of fused-ring (bicyclic) bond motifs is 1. The minimum absolute atomic E-state index is 0.253. The molecule has 1 aliphatic rings. The molecule has 0 N–H and O–H groups in total. The minimum atomic E-state index is -0.261. The molecule has 0 bridgehead atoms. The average Bonchev–Trinajstić information content (AvgIpc) is 2.46. The van der Waals surface area contributed by atoms with Gasteiger partial charge in [0.25, 0.3) is 0 Å². The Bertz CT molecular complexity index is 620. The maximum absolute atomic E-state index is 11.8. The lowest BCUT2D eigenvalue weighted by Crippen LogP contribution is -2.18. The third kappa shape index (κ3) is 2.71. The van der Waals surface area contributed by atoms with Crippen LogP contribution in [0.3, 0.4) is 0 Å². The summed E-state index contributed by atoms with van der Waals surface area (Å²) in [5.74, 6) is -0.253. The summed E-state index contributed by atoms with van der Waals surface area (Å²) < 4.78 is 5.37. The van der Waals surface area contributed by atoms with E-state index >= 15 is 0 Å². The SMILES string of the molecule is O=C1O[C@H](/C=C\c2ccccc2)Sc2ccccc21. The second-order valence-electron chi connectivity index (χ2n) is 4.16. The maximum Gasteiger partial charge on any atom is 0.340 e. The summed E-state index contributed by atoms with van der Waals surface area (Å²) in [5.41, 5.74) is 1.48. The second kappa shape index (κ2) is 5.33. The van der Waals surface area contributed by atoms with Gasteiger partial charge in [0.05, 0.1) is 5.56 Å². The van der Waals surface area contributed by atoms with E-state index in [1.807, 2.05) is 60.7 Å². The van der Waals surface area contributed by atoms with Crippen LogP contribution in [-0.4, -0.2) is 11.4 Å². The molecule has 3 heteroatoms. The van der Waals surface area contributed by atoms with Crippen molar-refractivity contribution in [2.45, 2.75) is 10.3 Å². The summed E-state index contributed by atoms with van der Waals surface area (Å²) >= 11 is 1.55. The van der Waals surface area contributed by atoms with Crippen LogP contribution in [0.15, 0.2) is 65.6 Å². The highest BCUT2D eigenvalue weighted by atomic mass is 32.2. The molecular formula is C16H12O2S. The van der Waals surface area contributed by atoms with Gasteiger partial charge in [-0.3, -0.25) is 0 Å². The molecule has 0 amide bonds. The first-order valence-electron chi connectivity index (χ1n) is 6.03. The molecule has 94 valence electrons. The highest BCUT2D eigenvalue weighted by Gasteiger charge is 2.24. The summed E-state index contributed by atoms with van der Waals surface area (Å²) in [6, 6.07) is 17.5. The van der Waals surface area contributed by atoms with Gasteiger partial charge in [0.15, 0.2) is 5.44 Å². The van der Waals surface area contributed by atoms with Crippen molar-refractivity contribution in [2.75, 3.05) is 0 Å². The van der Waals surface area contributed by atoms with Crippen molar-refractivity contribution in [3.63, 3.8) is 0 Å². The molecule has 2 nitrogen and oxygen atoms in total. The number of esters is 1. The number of benzene rings is 2. The molecule has 19 heavy (non-hydrogen) atoms. The fourth-order valence-electron chi connectivity index (χ4n) is 1.89. The number of thioether (sulfide) groups is 1. The summed E-state index contributed by atoms with van der Waals surface area (Å²) in [4.78, 5) is 12.8. The van der Waals surface area contributed by atoms with Crippen LogP contribution in [0.25, 0.3) is 6.08 Å². The average molecular weight is 268 g/mol. The quantitative estimate of drug-likeness (QED) is 0.770. The molecule has 1 aliphatic heterocycles. The highest BCUT2D eigenvalue weighted by molar-refractivity contribution is 8.00. The lowest BCUT2D eigenvalue weighted by molar-refractivity contribution is 0.0497. The van der Waals surface area contributed by atoms with Gasteiger partial charge in [-0.15, -0.1) is 0 Å². The van der Waals surface area contributed by atoms with Crippen LogP contribution in [0.2, 0.25) is 0 Å². The van der Waals surface area contributed by atoms with Crippen LogP contribution in [0, 0.1) is 0 Å². The molecule has 0 saturated heterocycles. The van der Waals surface area contributed by atoms with Crippen LogP contribution in [0.4, 0.5) is 0 Å². The van der Waals surface area contributed by atoms with Crippen molar-refractivity contribution >= 4 is 23.8 Å². The molecule has 0 aliphatic carbocycles. The van der Waals surface area contributed by atoms with E-state index in [4.69, 9.17) is 4.74 Å². The third-order valence-electron chi connectivity index (χ3n) is 2.82. The van der Waals surface area contributed by atoms with E-state index in [0.29, 0.717) is 5.56 Å². The van der Waals surface area contributed by atoms with Gasteiger partial charge in [0.1, 0.15) is 0 Å². The first kappa shape index (κ1) is 12.1. The molecule has 0 saturated carbocycles. The summed E-state index contributed by atoms with van der Waals surface area (Å²) in [6.45, 7) is 0. The molecule has 2 aromatic carbocycles. The predicted octanol–water partition coefficient (Wildman–Crippen LogP) is 3.99. The van der Waals surface area contributed by atoms with Gasteiger partial charge in [-0.2, -0.15) is 0 Å². The highest BCUT2D eigenvalue weighted by Crippen LogP contribution is 2.34. The van der Waals surface area contributed by atoms with E-state index in [-0.39, 0.29) is 11.4 Å². The number of hydrogen-bond donors (Lipinski definition) is 0. The molecule has 0 spiro atoms. The topological polar surface area (TPSA) is 26.3 Å². The molecular weight excluding hydrogens is 256 g/mol. The Kier molecular flexibility index (Phi) is 3.38. The molecule has 3 rings (SSSR count). The lowest BCUT2D eigenvalue weighted by Gasteiger charge is -2.21. The van der Waals surface area contributed by atoms with Gasteiger partial charge in [-0.05, 0) is 23.8 Å². The van der Waals surface area contributed by atoms with Crippen molar-refractivity contribution < 1.29 is 9.53 Å². The Hall–Kier alpha value is -2.00. The fourth-order valence-corrected chi connectivity index (χ4v) is 2.87. The molecule has 0 aromatic heterocycles. The monoisotopic (exact) mass is 268 g/mol. The van der Waals surface area contributed by atoms with Crippen LogP contribution in [-0.2, 0) is 4.74 Å². The first-order valence-corrected chi connectivity index (χ1v) is 6.91. The van der Waals surface area contributed by atoms with Gasteiger partial charge in [-0.1, -0.05) is 60.3 Å².